The highest BCUT2D eigenvalue weighted by molar-refractivity contribution is 7.88. The lowest BCUT2D eigenvalue weighted by molar-refractivity contribution is 0.0696. The van der Waals surface area contributed by atoms with Gasteiger partial charge in [-0.15, -0.1) is 4.31 Å². The number of carboxylic acid groups (broad SMARTS) is 1. The molecule has 8 heteroatoms. The molecule has 2 aliphatic rings. The molecule has 0 bridgehead atoms. The Hall–Kier alpha value is -2.29. The summed E-state index contributed by atoms with van der Waals surface area (Å²) in [6.45, 7) is 4.21. The summed E-state index contributed by atoms with van der Waals surface area (Å²) in [5, 5.41) is 9.00. The SMILES string of the molecule is C[S+]([O-])N1CCc2cc(OCCCC3CCN(c4ccc(C(=O)O)cn4)CC3)ccc2C1. The van der Waals surface area contributed by atoms with Crippen molar-refractivity contribution in [3.8, 4) is 5.75 Å². The van der Waals surface area contributed by atoms with Gasteiger partial charge < -0.3 is 19.3 Å². The molecule has 0 amide bonds. The van der Waals surface area contributed by atoms with E-state index < -0.39 is 17.3 Å². The highest BCUT2D eigenvalue weighted by Gasteiger charge is 2.23. The molecule has 1 aromatic carbocycles. The van der Waals surface area contributed by atoms with Gasteiger partial charge in [0.2, 0.25) is 0 Å². The topological polar surface area (TPSA) is 89.0 Å². The molecule has 1 fully saturated rings. The maximum Gasteiger partial charge on any atom is 0.337 e. The van der Waals surface area contributed by atoms with Gasteiger partial charge in [0, 0.05) is 37.2 Å². The van der Waals surface area contributed by atoms with E-state index in [2.05, 4.69) is 22.0 Å². The number of nitrogens with zero attached hydrogens (tertiary/aromatic N) is 3. The van der Waals surface area contributed by atoms with Gasteiger partial charge in [0.05, 0.1) is 18.7 Å². The van der Waals surface area contributed by atoms with E-state index in [4.69, 9.17) is 9.84 Å². The van der Waals surface area contributed by atoms with Crippen molar-refractivity contribution in [3.63, 3.8) is 0 Å². The van der Waals surface area contributed by atoms with Crippen LogP contribution in [-0.2, 0) is 24.3 Å². The summed E-state index contributed by atoms with van der Waals surface area (Å²) in [4.78, 5) is 17.5. The summed E-state index contributed by atoms with van der Waals surface area (Å²) in [6.07, 6.45) is 8.52. The number of ether oxygens (including phenoxy) is 1. The maximum atomic E-state index is 11.7. The number of hydrogen-bond acceptors (Lipinski definition) is 6. The van der Waals surface area contributed by atoms with Crippen LogP contribution in [0.15, 0.2) is 36.5 Å². The number of anilines is 1. The van der Waals surface area contributed by atoms with Gasteiger partial charge in [-0.2, -0.15) is 0 Å². The summed E-state index contributed by atoms with van der Waals surface area (Å²) in [7, 11) is 0. The van der Waals surface area contributed by atoms with E-state index in [9.17, 15) is 9.35 Å². The van der Waals surface area contributed by atoms with Crippen molar-refractivity contribution in [2.75, 3.05) is 37.4 Å². The van der Waals surface area contributed by atoms with Gasteiger partial charge in [0.1, 0.15) is 17.8 Å². The van der Waals surface area contributed by atoms with Crippen molar-refractivity contribution in [2.45, 2.75) is 38.6 Å². The Labute approximate surface area is 192 Å². The van der Waals surface area contributed by atoms with Crippen LogP contribution in [0.5, 0.6) is 5.75 Å². The minimum Gasteiger partial charge on any atom is -0.598 e. The minimum atomic E-state index is -0.943. The highest BCUT2D eigenvalue weighted by Crippen LogP contribution is 2.27. The highest BCUT2D eigenvalue weighted by atomic mass is 32.2. The first-order valence-electron chi connectivity index (χ1n) is 11.3. The van der Waals surface area contributed by atoms with E-state index in [0.717, 1.165) is 76.5 Å². The smallest absolute Gasteiger partial charge is 0.337 e. The van der Waals surface area contributed by atoms with Gasteiger partial charge in [-0.1, -0.05) is 6.07 Å². The lowest BCUT2D eigenvalue weighted by atomic mass is 9.92. The second kappa shape index (κ2) is 10.6. The Morgan fingerprint density at radius 1 is 1.22 bits per heavy atom. The van der Waals surface area contributed by atoms with Crippen LogP contribution in [0.3, 0.4) is 0 Å². The predicted molar refractivity (Wildman–Crippen MR) is 125 cm³/mol. The van der Waals surface area contributed by atoms with Gasteiger partial charge in [-0.3, -0.25) is 0 Å². The zero-order valence-corrected chi connectivity index (χ0v) is 19.4. The lowest BCUT2D eigenvalue weighted by Crippen LogP contribution is -2.35. The Bertz CT molecular complexity index is 914. The number of aromatic nitrogens is 1. The van der Waals surface area contributed by atoms with E-state index in [0.29, 0.717) is 5.92 Å². The number of pyridine rings is 1. The average Bonchev–Trinajstić information content (AvgIpc) is 2.82. The van der Waals surface area contributed by atoms with Crippen molar-refractivity contribution >= 4 is 23.1 Å². The van der Waals surface area contributed by atoms with Crippen molar-refractivity contribution < 1.29 is 19.2 Å². The first kappa shape index (κ1) is 22.9. The van der Waals surface area contributed by atoms with Crippen LogP contribution in [0.4, 0.5) is 5.82 Å². The molecule has 0 aliphatic carbocycles. The third-order valence-electron chi connectivity index (χ3n) is 6.48. The zero-order chi connectivity index (χ0) is 22.5. The van der Waals surface area contributed by atoms with Crippen LogP contribution < -0.4 is 9.64 Å². The molecule has 4 rings (SSSR count). The number of benzene rings is 1. The summed E-state index contributed by atoms with van der Waals surface area (Å²) in [5.74, 6) is 1.54. The zero-order valence-electron chi connectivity index (χ0n) is 18.5. The third-order valence-corrected chi connectivity index (χ3v) is 7.52. The molecule has 1 aromatic heterocycles. The number of aromatic carboxylic acids is 1. The van der Waals surface area contributed by atoms with Crippen molar-refractivity contribution in [1.29, 1.82) is 0 Å². The number of rotatable bonds is 8. The van der Waals surface area contributed by atoms with Gasteiger partial charge in [0.15, 0.2) is 0 Å². The minimum absolute atomic E-state index is 0.224. The van der Waals surface area contributed by atoms with Crippen molar-refractivity contribution in [1.82, 2.24) is 9.29 Å². The van der Waals surface area contributed by atoms with Crippen LogP contribution in [0.25, 0.3) is 0 Å². The summed E-state index contributed by atoms with van der Waals surface area (Å²) in [6, 6.07) is 9.70. The molecule has 0 saturated carbocycles. The fourth-order valence-electron chi connectivity index (χ4n) is 4.53. The first-order valence-corrected chi connectivity index (χ1v) is 12.8. The first-order chi connectivity index (χ1) is 15.5. The summed E-state index contributed by atoms with van der Waals surface area (Å²) in [5.41, 5.74) is 2.78. The molecule has 3 heterocycles. The van der Waals surface area contributed by atoms with E-state index in [1.165, 1.54) is 17.3 Å². The maximum absolute atomic E-state index is 11.7. The third kappa shape index (κ3) is 5.74. The molecular formula is C24H31N3O4S. The standard InChI is InChI=1S/C24H31N3O4S/c1-32(30)27-13-10-19-15-22(6-4-21(19)17-27)31-14-2-3-18-8-11-26(12-9-18)23-7-5-20(16-25-23)24(28)29/h4-7,15-16,18H,2-3,8-14,17H2,1H3,(H,28,29). The van der Waals surface area contributed by atoms with Gasteiger partial charge in [-0.05, 0) is 73.4 Å². The quantitative estimate of drug-likeness (QED) is 0.479. The van der Waals surface area contributed by atoms with Crippen LogP contribution in [0.1, 0.15) is 47.2 Å². The van der Waals surface area contributed by atoms with Crippen LogP contribution in [0.2, 0.25) is 0 Å². The Morgan fingerprint density at radius 2 is 2.03 bits per heavy atom. The number of carbonyl (C=O) groups is 1. The molecule has 7 nitrogen and oxygen atoms in total. The Morgan fingerprint density at radius 3 is 2.72 bits per heavy atom. The average molecular weight is 458 g/mol. The molecule has 1 saturated heterocycles. The molecule has 32 heavy (non-hydrogen) atoms. The predicted octanol–water partition coefficient (Wildman–Crippen LogP) is 3.51. The van der Waals surface area contributed by atoms with E-state index in [1.807, 2.05) is 10.4 Å². The molecule has 2 aliphatic heterocycles. The molecule has 0 spiro atoms. The summed E-state index contributed by atoms with van der Waals surface area (Å²) < 4.78 is 19.7. The fourth-order valence-corrected chi connectivity index (χ4v) is 5.19. The molecule has 0 radical (unpaired) electrons. The van der Waals surface area contributed by atoms with Gasteiger partial charge >= 0.3 is 5.97 Å². The van der Waals surface area contributed by atoms with Crippen molar-refractivity contribution in [3.05, 3.63) is 53.2 Å². The van der Waals surface area contributed by atoms with Gasteiger partial charge in [-0.25, -0.2) is 9.78 Å². The Balaban J connectivity index is 1.17. The monoisotopic (exact) mass is 457 g/mol. The van der Waals surface area contributed by atoms with Crippen LogP contribution in [0, 0.1) is 5.92 Å². The number of piperidine rings is 1. The number of fused-ring (bicyclic) bond motifs is 1. The number of carboxylic acids is 1. The summed E-state index contributed by atoms with van der Waals surface area (Å²) >= 11 is -0.915. The molecule has 2 aromatic rings. The second-order valence-electron chi connectivity index (χ2n) is 8.60. The normalized spacial score (nSPS) is 18.2. The molecule has 1 atom stereocenters. The van der Waals surface area contributed by atoms with E-state index in [-0.39, 0.29) is 5.56 Å². The Kier molecular flexibility index (Phi) is 7.55. The number of hydrogen-bond donors (Lipinski definition) is 1. The van der Waals surface area contributed by atoms with Crippen LogP contribution >= 0.6 is 0 Å². The van der Waals surface area contributed by atoms with E-state index >= 15 is 0 Å². The molecule has 1 N–H and O–H groups in total. The largest absolute Gasteiger partial charge is 0.598 e. The second-order valence-corrected chi connectivity index (χ2v) is 9.96. The van der Waals surface area contributed by atoms with E-state index in [1.54, 1.807) is 18.4 Å². The molecule has 172 valence electrons. The lowest BCUT2D eigenvalue weighted by Gasteiger charge is -2.32. The molecular weight excluding hydrogens is 426 g/mol. The molecule has 1 unspecified atom stereocenters. The van der Waals surface area contributed by atoms with Crippen molar-refractivity contribution in [2.24, 2.45) is 5.92 Å². The van der Waals surface area contributed by atoms with Gasteiger partial charge in [0.25, 0.3) is 0 Å². The fraction of sp³-hybridized carbons (Fsp3) is 0.500. The van der Waals surface area contributed by atoms with Crippen LogP contribution in [-0.4, -0.2) is 57.4 Å².